The average Bonchev–Trinajstić information content (AvgIpc) is 2.64. The number of rotatable bonds is 20. The van der Waals surface area contributed by atoms with Crippen LogP contribution in [0.25, 0.3) is 0 Å². The first kappa shape index (κ1) is 24.7. The van der Waals surface area contributed by atoms with E-state index in [1.54, 1.807) is 0 Å². The van der Waals surface area contributed by atoms with Gasteiger partial charge in [-0.1, -0.05) is 58.3 Å². The van der Waals surface area contributed by atoms with Crippen LogP contribution < -0.4 is 0 Å². The van der Waals surface area contributed by atoms with E-state index in [2.05, 4.69) is 6.92 Å². The fraction of sp³-hybridized carbons (Fsp3) is 1.00. The Labute approximate surface area is 152 Å². The fourth-order valence-electron chi connectivity index (χ4n) is 2.64. The van der Waals surface area contributed by atoms with Crippen molar-refractivity contribution in [2.75, 3.05) is 46.2 Å². The van der Waals surface area contributed by atoms with Gasteiger partial charge in [0.2, 0.25) is 0 Å². The Morgan fingerprint density at radius 3 is 1.28 bits per heavy atom. The maximum absolute atomic E-state index is 8.98. The van der Waals surface area contributed by atoms with Gasteiger partial charge in [-0.3, -0.25) is 0 Å². The van der Waals surface area contributed by atoms with Gasteiger partial charge in [0.1, 0.15) is 19.8 Å². The van der Waals surface area contributed by atoms with Gasteiger partial charge in [0.25, 0.3) is 0 Å². The molecule has 0 heterocycles. The lowest BCUT2D eigenvalue weighted by atomic mass is 10.1. The first-order valence-electron chi connectivity index (χ1n) is 9.89. The molecule has 0 aliphatic carbocycles. The molecule has 0 aromatic rings. The second kappa shape index (κ2) is 18.5. The monoisotopic (exact) mass is 366 g/mol. The number of aliphatic hydroxyl groups excluding tert-OH is 3. The van der Waals surface area contributed by atoms with Crippen molar-refractivity contribution in [3.8, 4) is 0 Å². The van der Waals surface area contributed by atoms with Gasteiger partial charge < -0.3 is 15.3 Å². The van der Waals surface area contributed by atoms with Gasteiger partial charge in [0, 0.05) is 6.42 Å². The third kappa shape index (κ3) is 14.6. The van der Waals surface area contributed by atoms with E-state index >= 15 is 0 Å². The molecule has 0 rings (SSSR count). The highest BCUT2D eigenvalue weighted by molar-refractivity contribution is 4.47. The van der Waals surface area contributed by atoms with Crippen molar-refractivity contribution < 1.29 is 34.8 Å². The molecular formula is C18H40NO6+. The molecule has 7 nitrogen and oxygen atoms in total. The maximum Gasteiger partial charge on any atom is 0.178 e. The Bertz CT molecular complexity index is 246. The second-order valence-corrected chi connectivity index (χ2v) is 6.19. The van der Waals surface area contributed by atoms with Crippen molar-refractivity contribution in [2.24, 2.45) is 0 Å². The normalized spacial score (nSPS) is 12.0. The average molecular weight is 367 g/mol. The quantitative estimate of drug-likeness (QED) is 0.174. The van der Waals surface area contributed by atoms with Gasteiger partial charge >= 0.3 is 0 Å². The molecule has 0 radical (unpaired) electrons. The van der Waals surface area contributed by atoms with Crippen LogP contribution in [0, 0.1) is 0 Å². The van der Waals surface area contributed by atoms with Crippen molar-refractivity contribution in [3.63, 3.8) is 0 Å². The van der Waals surface area contributed by atoms with Crippen LogP contribution in [0.4, 0.5) is 0 Å². The third-order valence-electron chi connectivity index (χ3n) is 3.92. The summed E-state index contributed by atoms with van der Waals surface area (Å²) in [6.45, 7) is 2.43. The van der Waals surface area contributed by atoms with Crippen LogP contribution >= 0.6 is 0 Å². The minimum absolute atomic E-state index is 0.0641. The zero-order valence-electron chi connectivity index (χ0n) is 16.0. The summed E-state index contributed by atoms with van der Waals surface area (Å²) in [7, 11) is 0. The molecule has 0 unspecified atom stereocenters. The standard InChI is InChI=1S/C18H40NO6/c1-2-3-4-5-6-7-8-9-10-11-12-19(23-16-13-20,24-17-14-21)25-18-15-22/h20-22H,2-18H2,1H3/q+1. The molecule has 0 aromatic heterocycles. The Morgan fingerprint density at radius 2 is 0.920 bits per heavy atom. The van der Waals surface area contributed by atoms with Gasteiger partial charge in [0.05, 0.1) is 24.8 Å². The van der Waals surface area contributed by atoms with Crippen LogP contribution in [0.3, 0.4) is 0 Å². The summed E-state index contributed by atoms with van der Waals surface area (Å²) in [6, 6.07) is 0. The van der Waals surface area contributed by atoms with Crippen molar-refractivity contribution in [3.05, 3.63) is 0 Å². The lowest BCUT2D eigenvalue weighted by Gasteiger charge is -2.29. The fourth-order valence-corrected chi connectivity index (χ4v) is 2.64. The molecule has 0 atom stereocenters. The van der Waals surface area contributed by atoms with Crippen LogP contribution in [0.15, 0.2) is 0 Å². The minimum Gasteiger partial charge on any atom is -0.394 e. The molecule has 0 fully saturated rings. The van der Waals surface area contributed by atoms with Gasteiger partial charge in [0.15, 0.2) is 6.54 Å². The minimum atomic E-state index is -0.543. The predicted molar refractivity (Wildman–Crippen MR) is 96.1 cm³/mol. The first-order valence-corrected chi connectivity index (χ1v) is 9.89. The van der Waals surface area contributed by atoms with E-state index in [1.807, 2.05) is 0 Å². The van der Waals surface area contributed by atoms with Crippen molar-refractivity contribution in [1.82, 2.24) is 0 Å². The zero-order chi connectivity index (χ0) is 18.6. The smallest absolute Gasteiger partial charge is 0.178 e. The number of nitrogens with zero attached hydrogens (tertiary/aromatic N) is 1. The Morgan fingerprint density at radius 1 is 0.560 bits per heavy atom. The van der Waals surface area contributed by atoms with Crippen LogP contribution in [0.5, 0.6) is 0 Å². The molecule has 0 spiro atoms. The summed E-state index contributed by atoms with van der Waals surface area (Å²) in [4.78, 5) is 15.9. The van der Waals surface area contributed by atoms with Crippen LogP contribution in [-0.2, 0) is 14.5 Å². The molecule has 0 amide bonds. The first-order chi connectivity index (χ1) is 12.2. The number of quaternary nitrogens is 1. The second-order valence-electron chi connectivity index (χ2n) is 6.19. The lowest BCUT2D eigenvalue weighted by Crippen LogP contribution is -2.50. The van der Waals surface area contributed by atoms with Crippen LogP contribution in [0.2, 0.25) is 0 Å². The number of aliphatic hydroxyl groups is 3. The molecule has 0 saturated carbocycles. The Balaban J connectivity index is 4.01. The van der Waals surface area contributed by atoms with Gasteiger partial charge in [-0.2, -0.15) is 0 Å². The summed E-state index contributed by atoms with van der Waals surface area (Å²) in [6.07, 6.45) is 12.2. The highest BCUT2D eigenvalue weighted by atomic mass is 17.2. The highest BCUT2D eigenvalue weighted by Gasteiger charge is 2.34. The van der Waals surface area contributed by atoms with E-state index < -0.39 is 4.97 Å². The largest absolute Gasteiger partial charge is 0.394 e. The predicted octanol–water partition coefficient (Wildman–Crippen LogP) is 2.50. The molecule has 7 heteroatoms. The molecule has 0 aromatic carbocycles. The summed E-state index contributed by atoms with van der Waals surface area (Å²) in [5.74, 6) is 0. The molecule has 3 N–H and O–H groups in total. The lowest BCUT2D eigenvalue weighted by molar-refractivity contribution is -1.37. The number of unbranched alkanes of at least 4 members (excludes halogenated alkanes) is 9. The zero-order valence-corrected chi connectivity index (χ0v) is 16.0. The Hall–Kier alpha value is -0.280. The summed E-state index contributed by atoms with van der Waals surface area (Å²) < 4.78 is 0. The number of hydrogen-bond donors (Lipinski definition) is 3. The van der Waals surface area contributed by atoms with Crippen molar-refractivity contribution in [1.29, 1.82) is 0 Å². The summed E-state index contributed by atoms with van der Waals surface area (Å²) in [5.41, 5.74) is 0. The molecular weight excluding hydrogens is 326 g/mol. The Kier molecular flexibility index (Phi) is 18.3. The topological polar surface area (TPSA) is 88.4 Å². The van der Waals surface area contributed by atoms with E-state index in [0.29, 0.717) is 6.54 Å². The molecule has 0 saturated heterocycles. The highest BCUT2D eigenvalue weighted by Crippen LogP contribution is 2.16. The van der Waals surface area contributed by atoms with E-state index in [1.165, 1.54) is 44.9 Å². The van der Waals surface area contributed by atoms with Gasteiger partial charge in [-0.15, -0.1) is 14.5 Å². The number of hydrogen-bond acceptors (Lipinski definition) is 6. The van der Waals surface area contributed by atoms with Gasteiger partial charge in [-0.25, -0.2) is 0 Å². The van der Waals surface area contributed by atoms with E-state index in [0.717, 1.165) is 19.3 Å². The summed E-state index contributed by atoms with van der Waals surface area (Å²) >= 11 is 0. The van der Waals surface area contributed by atoms with Gasteiger partial charge in [-0.05, 0) is 6.42 Å². The van der Waals surface area contributed by atoms with Crippen LogP contribution in [0.1, 0.15) is 71.1 Å². The van der Waals surface area contributed by atoms with E-state index in [-0.39, 0.29) is 39.6 Å². The molecule has 0 bridgehead atoms. The van der Waals surface area contributed by atoms with Crippen molar-refractivity contribution in [2.45, 2.75) is 71.1 Å². The third-order valence-corrected chi connectivity index (χ3v) is 3.92. The van der Waals surface area contributed by atoms with E-state index in [4.69, 9.17) is 29.8 Å². The number of hydroxylamine groups is 3. The molecule has 0 aliphatic heterocycles. The summed E-state index contributed by atoms with van der Waals surface area (Å²) in [5, 5.41) is 26.9. The van der Waals surface area contributed by atoms with E-state index in [9.17, 15) is 0 Å². The maximum atomic E-state index is 8.98. The molecule has 0 aliphatic rings. The molecule has 152 valence electrons. The van der Waals surface area contributed by atoms with Crippen LogP contribution in [-0.4, -0.2) is 66.5 Å². The molecule has 25 heavy (non-hydrogen) atoms. The SMILES string of the molecule is CCCCCCCCCCCC[N+](OCCO)(OCCO)OCCO. The van der Waals surface area contributed by atoms with Crippen molar-refractivity contribution >= 4 is 0 Å².